The second kappa shape index (κ2) is 9.17. The van der Waals surface area contributed by atoms with Crippen molar-refractivity contribution in [2.75, 3.05) is 17.7 Å². The number of nitrogens with one attached hydrogen (secondary N) is 1. The summed E-state index contributed by atoms with van der Waals surface area (Å²) in [4.78, 5) is 37.8. The smallest absolute Gasteiger partial charge is 0.341 e. The zero-order chi connectivity index (χ0) is 18.4. The summed E-state index contributed by atoms with van der Waals surface area (Å²) in [6, 6.07) is 4.00. The maximum absolute atomic E-state index is 12.2. The molecule has 1 N–H and O–H groups in total. The van der Waals surface area contributed by atoms with Crippen LogP contribution in [0, 0.1) is 6.92 Å². The van der Waals surface area contributed by atoms with Crippen molar-refractivity contribution in [1.29, 1.82) is 0 Å². The molecule has 0 bridgehead atoms. The van der Waals surface area contributed by atoms with E-state index in [0.717, 1.165) is 17.1 Å². The lowest BCUT2D eigenvalue weighted by Gasteiger charge is -2.07. The highest BCUT2D eigenvalue weighted by molar-refractivity contribution is 7.99. The van der Waals surface area contributed by atoms with Crippen molar-refractivity contribution in [2.45, 2.75) is 26.5 Å². The lowest BCUT2D eigenvalue weighted by Crippen LogP contribution is -2.16. The van der Waals surface area contributed by atoms with Crippen LogP contribution in [0.15, 0.2) is 17.5 Å². The first-order chi connectivity index (χ1) is 11.9. The normalized spacial score (nSPS) is 10.5. The van der Waals surface area contributed by atoms with Gasteiger partial charge in [0, 0.05) is 10.6 Å². The van der Waals surface area contributed by atoms with Crippen LogP contribution >= 0.6 is 34.4 Å². The number of esters is 1. The molecule has 2 aromatic heterocycles. The third kappa shape index (κ3) is 5.17. The van der Waals surface area contributed by atoms with E-state index >= 15 is 0 Å². The molecule has 0 aliphatic rings. The summed E-state index contributed by atoms with van der Waals surface area (Å²) in [7, 11) is 0. The van der Waals surface area contributed by atoms with Crippen molar-refractivity contribution in [3.8, 4) is 0 Å². The number of amides is 1. The molecular weight excluding hydrogens is 378 g/mol. The summed E-state index contributed by atoms with van der Waals surface area (Å²) in [6.45, 7) is 5.08. The molecule has 1 amide bonds. The standard InChI is InChI=1S/C17H19NO4S3/c1-4-22-17(21)14-10(2)15(11(3)19)25-16(14)18-13(20)9-23-8-12-6-5-7-24-12/h5-7H,4,8-9H2,1-3H3,(H,18,20). The van der Waals surface area contributed by atoms with Gasteiger partial charge in [0.2, 0.25) is 5.91 Å². The van der Waals surface area contributed by atoms with Crippen LogP contribution in [-0.4, -0.2) is 30.0 Å². The molecule has 5 nitrogen and oxygen atoms in total. The minimum Gasteiger partial charge on any atom is -0.462 e. The van der Waals surface area contributed by atoms with Crippen molar-refractivity contribution in [1.82, 2.24) is 0 Å². The Labute approximate surface area is 158 Å². The Morgan fingerprint density at radius 3 is 2.68 bits per heavy atom. The van der Waals surface area contributed by atoms with Gasteiger partial charge in [-0.1, -0.05) is 6.07 Å². The highest BCUT2D eigenvalue weighted by atomic mass is 32.2. The van der Waals surface area contributed by atoms with Crippen LogP contribution in [-0.2, 0) is 15.3 Å². The molecule has 0 atom stereocenters. The molecular formula is C17H19NO4S3. The lowest BCUT2D eigenvalue weighted by atomic mass is 10.1. The van der Waals surface area contributed by atoms with Crippen LogP contribution in [0.2, 0.25) is 0 Å². The minimum atomic E-state index is -0.523. The summed E-state index contributed by atoms with van der Waals surface area (Å²) in [5.41, 5.74) is 0.825. The second-order valence-corrected chi connectivity index (χ2v) is 8.20. The Morgan fingerprint density at radius 2 is 2.08 bits per heavy atom. The predicted octanol–water partition coefficient (Wildman–Crippen LogP) is 4.37. The van der Waals surface area contributed by atoms with Gasteiger partial charge >= 0.3 is 5.97 Å². The molecule has 0 saturated heterocycles. The number of thiophene rings is 2. The number of ether oxygens (including phenoxy) is 1. The van der Waals surface area contributed by atoms with Gasteiger partial charge in [0.1, 0.15) is 5.00 Å². The van der Waals surface area contributed by atoms with Gasteiger partial charge in [0.05, 0.1) is 22.8 Å². The van der Waals surface area contributed by atoms with E-state index in [-0.39, 0.29) is 29.6 Å². The summed E-state index contributed by atoms with van der Waals surface area (Å²) < 4.78 is 5.06. The molecule has 0 spiro atoms. The fourth-order valence-electron chi connectivity index (χ4n) is 2.19. The molecule has 0 aliphatic carbocycles. The SMILES string of the molecule is CCOC(=O)c1c(NC(=O)CSCc2cccs2)sc(C(C)=O)c1C. The number of rotatable bonds is 8. The number of ketones is 1. The molecule has 8 heteroatoms. The molecule has 0 unspecified atom stereocenters. The highest BCUT2D eigenvalue weighted by Crippen LogP contribution is 2.34. The van der Waals surface area contributed by atoms with E-state index in [0.29, 0.717) is 15.4 Å². The molecule has 2 aromatic rings. The van der Waals surface area contributed by atoms with E-state index in [1.54, 1.807) is 25.2 Å². The lowest BCUT2D eigenvalue weighted by molar-refractivity contribution is -0.113. The first-order valence-corrected chi connectivity index (χ1v) is 10.5. The van der Waals surface area contributed by atoms with Crippen LogP contribution in [0.5, 0.6) is 0 Å². The third-order valence-corrected chi connectivity index (χ3v) is 6.61. The summed E-state index contributed by atoms with van der Waals surface area (Å²) in [5, 5.41) is 5.13. The van der Waals surface area contributed by atoms with Gasteiger partial charge < -0.3 is 10.1 Å². The Hall–Kier alpha value is -1.64. The van der Waals surface area contributed by atoms with E-state index in [1.807, 2.05) is 17.5 Å². The number of Topliss-reactive ketones (excluding diaryl/α,β-unsaturated/α-hetero) is 1. The van der Waals surface area contributed by atoms with Crippen LogP contribution in [0.4, 0.5) is 5.00 Å². The average molecular weight is 398 g/mol. The van der Waals surface area contributed by atoms with Gasteiger partial charge in [-0.25, -0.2) is 4.79 Å². The third-order valence-electron chi connectivity index (χ3n) is 3.26. The number of hydrogen-bond donors (Lipinski definition) is 1. The van der Waals surface area contributed by atoms with E-state index in [4.69, 9.17) is 4.74 Å². The minimum absolute atomic E-state index is 0.138. The second-order valence-electron chi connectivity index (χ2n) is 5.16. The number of thioether (sulfide) groups is 1. The average Bonchev–Trinajstić information content (AvgIpc) is 3.15. The first kappa shape index (κ1) is 19.7. The Balaban J connectivity index is 2.08. The quantitative estimate of drug-likeness (QED) is 0.529. The zero-order valence-electron chi connectivity index (χ0n) is 14.2. The summed E-state index contributed by atoms with van der Waals surface area (Å²) >= 11 is 4.27. The molecule has 25 heavy (non-hydrogen) atoms. The van der Waals surface area contributed by atoms with Crippen molar-refractivity contribution in [3.63, 3.8) is 0 Å². The van der Waals surface area contributed by atoms with Crippen LogP contribution in [0.3, 0.4) is 0 Å². The molecule has 0 radical (unpaired) electrons. The maximum Gasteiger partial charge on any atom is 0.341 e. The van der Waals surface area contributed by atoms with Crippen molar-refractivity contribution in [3.05, 3.63) is 38.4 Å². The fourth-order valence-corrected chi connectivity index (χ4v) is 4.96. The molecule has 0 fully saturated rings. The predicted molar refractivity (Wildman–Crippen MR) is 104 cm³/mol. The van der Waals surface area contributed by atoms with Crippen LogP contribution < -0.4 is 5.32 Å². The van der Waals surface area contributed by atoms with Gasteiger partial charge in [0.25, 0.3) is 0 Å². The van der Waals surface area contributed by atoms with Crippen LogP contribution in [0.25, 0.3) is 0 Å². The molecule has 0 aromatic carbocycles. The van der Waals surface area contributed by atoms with E-state index in [9.17, 15) is 14.4 Å². The van der Waals surface area contributed by atoms with E-state index in [2.05, 4.69) is 5.32 Å². The number of carbonyl (C=O) groups is 3. The molecule has 0 saturated carbocycles. The largest absolute Gasteiger partial charge is 0.462 e. The number of carbonyl (C=O) groups excluding carboxylic acids is 3. The van der Waals surface area contributed by atoms with Crippen molar-refractivity contribution in [2.24, 2.45) is 0 Å². The van der Waals surface area contributed by atoms with E-state index < -0.39 is 5.97 Å². The molecule has 2 heterocycles. The Morgan fingerprint density at radius 1 is 1.32 bits per heavy atom. The Kier molecular flexibility index (Phi) is 7.22. The van der Waals surface area contributed by atoms with Gasteiger partial charge in [0.15, 0.2) is 5.78 Å². The first-order valence-electron chi connectivity index (χ1n) is 7.65. The molecule has 2 rings (SSSR count). The molecule has 0 aliphatic heterocycles. The zero-order valence-corrected chi connectivity index (χ0v) is 16.7. The highest BCUT2D eigenvalue weighted by Gasteiger charge is 2.25. The van der Waals surface area contributed by atoms with Gasteiger partial charge in [-0.2, -0.15) is 0 Å². The van der Waals surface area contributed by atoms with E-state index in [1.165, 1.54) is 23.6 Å². The summed E-state index contributed by atoms with van der Waals surface area (Å²) in [6.07, 6.45) is 0. The summed E-state index contributed by atoms with van der Waals surface area (Å²) in [5.74, 6) is 0.166. The fraction of sp³-hybridized carbons (Fsp3) is 0.353. The number of hydrogen-bond acceptors (Lipinski definition) is 7. The monoisotopic (exact) mass is 397 g/mol. The Bertz CT molecular complexity index is 765. The van der Waals surface area contributed by atoms with Gasteiger partial charge in [-0.15, -0.1) is 34.4 Å². The topological polar surface area (TPSA) is 72.5 Å². The number of anilines is 1. The van der Waals surface area contributed by atoms with Crippen LogP contribution in [0.1, 0.15) is 44.3 Å². The maximum atomic E-state index is 12.2. The van der Waals surface area contributed by atoms with Crippen molar-refractivity contribution >= 4 is 57.1 Å². The van der Waals surface area contributed by atoms with Gasteiger partial charge in [-0.3, -0.25) is 9.59 Å². The van der Waals surface area contributed by atoms with Gasteiger partial charge in [-0.05, 0) is 37.8 Å². The van der Waals surface area contributed by atoms with Crippen molar-refractivity contribution < 1.29 is 19.1 Å². The molecule has 134 valence electrons.